The Morgan fingerprint density at radius 2 is 1.58 bits per heavy atom. The molecule has 0 heterocycles. The van der Waals surface area contributed by atoms with Gasteiger partial charge in [-0.2, -0.15) is 0 Å². The van der Waals surface area contributed by atoms with Crippen LogP contribution in [0, 0.1) is 6.92 Å². The summed E-state index contributed by atoms with van der Waals surface area (Å²) in [6.07, 6.45) is 0. The van der Waals surface area contributed by atoms with Crippen LogP contribution >= 0.6 is 11.6 Å². The summed E-state index contributed by atoms with van der Waals surface area (Å²) < 4.78 is 6.01. The molecule has 0 aliphatic heterocycles. The van der Waals surface area contributed by atoms with E-state index >= 15 is 0 Å². The fraction of sp³-hybridized carbons (Fsp3) is 0.143. The summed E-state index contributed by atoms with van der Waals surface area (Å²) in [6, 6.07) is 24.2. The van der Waals surface area contributed by atoms with Gasteiger partial charge < -0.3 is 10.1 Å². The van der Waals surface area contributed by atoms with Crippen LogP contribution in [0.25, 0.3) is 0 Å². The van der Waals surface area contributed by atoms with Gasteiger partial charge in [0.2, 0.25) is 0 Å². The van der Waals surface area contributed by atoms with Crippen LogP contribution in [0.3, 0.4) is 0 Å². The standard InChI is InChI=1S/C21H20ClNO/c1-16-10-12-17(13-11-16)15-24-21-9-5-2-6-18(21)14-23-20-8-4-3-7-19(20)22/h2-13,23H,14-15H2,1H3. The maximum absolute atomic E-state index is 6.19. The minimum absolute atomic E-state index is 0.559. The molecule has 2 nitrogen and oxygen atoms in total. The molecule has 0 fully saturated rings. The molecule has 0 saturated carbocycles. The summed E-state index contributed by atoms with van der Waals surface area (Å²) in [5.74, 6) is 0.887. The number of aryl methyl sites for hydroxylation is 1. The fourth-order valence-corrected chi connectivity index (χ4v) is 2.63. The minimum atomic E-state index is 0.559. The number of nitrogens with one attached hydrogen (secondary N) is 1. The van der Waals surface area contributed by atoms with E-state index in [1.807, 2.05) is 42.5 Å². The second-order valence-electron chi connectivity index (χ2n) is 5.72. The first-order chi connectivity index (χ1) is 11.7. The number of halogens is 1. The molecule has 0 spiro atoms. The zero-order chi connectivity index (χ0) is 16.8. The molecule has 0 radical (unpaired) electrons. The highest BCUT2D eigenvalue weighted by molar-refractivity contribution is 6.33. The summed E-state index contributed by atoms with van der Waals surface area (Å²) >= 11 is 6.19. The van der Waals surface area contributed by atoms with Crippen molar-refractivity contribution in [1.29, 1.82) is 0 Å². The van der Waals surface area contributed by atoms with E-state index in [0.29, 0.717) is 13.2 Å². The lowest BCUT2D eigenvalue weighted by Crippen LogP contribution is -2.04. The van der Waals surface area contributed by atoms with Crippen molar-refractivity contribution in [3.05, 3.63) is 94.5 Å². The van der Waals surface area contributed by atoms with Crippen molar-refractivity contribution in [2.45, 2.75) is 20.1 Å². The summed E-state index contributed by atoms with van der Waals surface area (Å²) in [5, 5.41) is 4.08. The third-order valence-electron chi connectivity index (χ3n) is 3.83. The van der Waals surface area contributed by atoms with E-state index in [-0.39, 0.29) is 0 Å². The molecule has 0 atom stereocenters. The van der Waals surface area contributed by atoms with E-state index < -0.39 is 0 Å². The number of hydrogen-bond acceptors (Lipinski definition) is 2. The van der Waals surface area contributed by atoms with Crippen molar-refractivity contribution >= 4 is 17.3 Å². The van der Waals surface area contributed by atoms with E-state index in [4.69, 9.17) is 16.3 Å². The summed E-state index contributed by atoms with van der Waals surface area (Å²) in [5.41, 5.74) is 4.44. The Balaban J connectivity index is 1.66. The van der Waals surface area contributed by atoms with Crippen LogP contribution in [0.1, 0.15) is 16.7 Å². The Kier molecular flexibility index (Phi) is 5.39. The van der Waals surface area contributed by atoms with Crippen LogP contribution in [0.15, 0.2) is 72.8 Å². The van der Waals surface area contributed by atoms with Crippen molar-refractivity contribution in [2.24, 2.45) is 0 Å². The molecule has 3 aromatic rings. The molecule has 3 heteroatoms. The zero-order valence-corrected chi connectivity index (χ0v) is 14.4. The highest BCUT2D eigenvalue weighted by atomic mass is 35.5. The molecule has 0 aromatic heterocycles. The first-order valence-corrected chi connectivity index (χ1v) is 8.35. The average molecular weight is 338 g/mol. The Morgan fingerprint density at radius 3 is 2.38 bits per heavy atom. The van der Waals surface area contributed by atoms with Crippen molar-refractivity contribution in [1.82, 2.24) is 0 Å². The summed E-state index contributed by atoms with van der Waals surface area (Å²) in [7, 11) is 0. The predicted octanol–water partition coefficient (Wildman–Crippen LogP) is 5.84. The second-order valence-corrected chi connectivity index (χ2v) is 6.12. The molecule has 0 amide bonds. The first-order valence-electron chi connectivity index (χ1n) is 7.97. The van der Waals surface area contributed by atoms with Gasteiger partial charge in [0.1, 0.15) is 12.4 Å². The molecular weight excluding hydrogens is 318 g/mol. The molecule has 1 N–H and O–H groups in total. The van der Waals surface area contributed by atoms with Gasteiger partial charge in [0.15, 0.2) is 0 Å². The van der Waals surface area contributed by atoms with Crippen molar-refractivity contribution in [3.63, 3.8) is 0 Å². The van der Waals surface area contributed by atoms with E-state index in [9.17, 15) is 0 Å². The van der Waals surface area contributed by atoms with Crippen LogP contribution in [-0.4, -0.2) is 0 Å². The molecule has 0 aliphatic carbocycles. The van der Waals surface area contributed by atoms with E-state index in [1.54, 1.807) is 0 Å². The molecule has 122 valence electrons. The summed E-state index contributed by atoms with van der Waals surface area (Å²) in [4.78, 5) is 0. The molecule has 0 bridgehead atoms. The highest BCUT2D eigenvalue weighted by Crippen LogP contribution is 2.24. The number of anilines is 1. The van der Waals surface area contributed by atoms with Gasteiger partial charge >= 0.3 is 0 Å². The number of hydrogen-bond donors (Lipinski definition) is 1. The quantitative estimate of drug-likeness (QED) is 0.610. The molecule has 0 unspecified atom stereocenters. The van der Waals surface area contributed by atoms with Crippen LogP contribution in [0.2, 0.25) is 5.02 Å². The number of para-hydroxylation sites is 2. The topological polar surface area (TPSA) is 21.3 Å². The smallest absolute Gasteiger partial charge is 0.124 e. The lowest BCUT2D eigenvalue weighted by atomic mass is 10.1. The van der Waals surface area contributed by atoms with Gasteiger partial charge in [-0.3, -0.25) is 0 Å². The Bertz CT molecular complexity index is 799. The molecule has 24 heavy (non-hydrogen) atoms. The van der Waals surface area contributed by atoms with Gasteiger partial charge in [-0.25, -0.2) is 0 Å². The largest absolute Gasteiger partial charge is 0.489 e. The zero-order valence-electron chi connectivity index (χ0n) is 13.6. The predicted molar refractivity (Wildman–Crippen MR) is 101 cm³/mol. The molecule has 3 rings (SSSR count). The Labute approximate surface area is 148 Å². The second kappa shape index (κ2) is 7.89. The molecule has 0 aliphatic rings. The Hall–Kier alpha value is -2.45. The molecule has 0 saturated heterocycles. The van der Waals surface area contributed by atoms with Gasteiger partial charge in [0.25, 0.3) is 0 Å². The molecule has 3 aromatic carbocycles. The van der Waals surface area contributed by atoms with Gasteiger partial charge in [-0.05, 0) is 30.7 Å². The van der Waals surface area contributed by atoms with Crippen LogP contribution in [-0.2, 0) is 13.2 Å². The van der Waals surface area contributed by atoms with E-state index in [0.717, 1.165) is 27.6 Å². The van der Waals surface area contributed by atoms with Crippen molar-refractivity contribution in [2.75, 3.05) is 5.32 Å². The monoisotopic (exact) mass is 337 g/mol. The average Bonchev–Trinajstić information content (AvgIpc) is 2.61. The Morgan fingerprint density at radius 1 is 0.875 bits per heavy atom. The maximum Gasteiger partial charge on any atom is 0.124 e. The van der Waals surface area contributed by atoms with Gasteiger partial charge in [0, 0.05) is 12.1 Å². The fourth-order valence-electron chi connectivity index (χ4n) is 2.43. The lowest BCUT2D eigenvalue weighted by Gasteiger charge is -2.13. The third-order valence-corrected chi connectivity index (χ3v) is 4.16. The van der Waals surface area contributed by atoms with Crippen LogP contribution in [0.4, 0.5) is 5.69 Å². The van der Waals surface area contributed by atoms with Gasteiger partial charge in [-0.15, -0.1) is 0 Å². The third kappa shape index (κ3) is 4.30. The van der Waals surface area contributed by atoms with Crippen molar-refractivity contribution < 1.29 is 4.74 Å². The van der Waals surface area contributed by atoms with E-state index in [1.165, 1.54) is 5.56 Å². The van der Waals surface area contributed by atoms with E-state index in [2.05, 4.69) is 42.6 Å². The number of benzene rings is 3. The summed E-state index contributed by atoms with van der Waals surface area (Å²) in [6.45, 7) is 3.30. The number of rotatable bonds is 6. The maximum atomic E-state index is 6.19. The van der Waals surface area contributed by atoms with Crippen LogP contribution < -0.4 is 10.1 Å². The first kappa shape index (κ1) is 16.4. The van der Waals surface area contributed by atoms with Gasteiger partial charge in [-0.1, -0.05) is 71.8 Å². The highest BCUT2D eigenvalue weighted by Gasteiger charge is 2.05. The normalized spacial score (nSPS) is 10.4. The molecular formula is C21H20ClNO. The van der Waals surface area contributed by atoms with Gasteiger partial charge in [0.05, 0.1) is 10.7 Å². The minimum Gasteiger partial charge on any atom is -0.489 e. The number of ether oxygens (including phenoxy) is 1. The van der Waals surface area contributed by atoms with Crippen molar-refractivity contribution in [3.8, 4) is 5.75 Å². The van der Waals surface area contributed by atoms with Crippen LogP contribution in [0.5, 0.6) is 5.75 Å². The SMILES string of the molecule is Cc1ccc(COc2ccccc2CNc2ccccc2Cl)cc1. The lowest BCUT2D eigenvalue weighted by molar-refractivity contribution is 0.303.